The van der Waals surface area contributed by atoms with E-state index in [0.29, 0.717) is 22.7 Å². The van der Waals surface area contributed by atoms with Gasteiger partial charge in [-0.05, 0) is 0 Å². The Morgan fingerprint density at radius 2 is 2.18 bits per heavy atom. The van der Waals surface area contributed by atoms with Gasteiger partial charge >= 0.3 is 0 Å². The van der Waals surface area contributed by atoms with Crippen molar-refractivity contribution < 1.29 is 10.2 Å². The third-order valence-corrected chi connectivity index (χ3v) is 4.17. The number of aliphatic hydroxyl groups is 2. The maximum atomic E-state index is 9.86. The Bertz CT molecular complexity index is 559. The Morgan fingerprint density at radius 1 is 1.35 bits per heavy atom. The quantitative estimate of drug-likeness (QED) is 0.621. The van der Waals surface area contributed by atoms with E-state index in [4.69, 9.17) is 5.73 Å². The van der Waals surface area contributed by atoms with E-state index >= 15 is 0 Å². The number of nitrogen functional groups attached to an aromatic ring is 1. The highest BCUT2D eigenvalue weighted by molar-refractivity contribution is 7.99. The summed E-state index contributed by atoms with van der Waals surface area (Å²) in [6, 6.07) is 0. The molecule has 90 valence electrons. The summed E-state index contributed by atoms with van der Waals surface area (Å²) in [4.78, 5) is 12.1. The number of anilines is 1. The van der Waals surface area contributed by atoms with Crippen LogP contribution in [0, 0.1) is 0 Å². The Balaban J connectivity index is 2.10. The molecule has 0 spiro atoms. The van der Waals surface area contributed by atoms with Gasteiger partial charge in [0.2, 0.25) is 0 Å². The van der Waals surface area contributed by atoms with Crippen molar-refractivity contribution in [3.05, 3.63) is 12.7 Å². The van der Waals surface area contributed by atoms with Crippen LogP contribution in [0.25, 0.3) is 11.2 Å². The van der Waals surface area contributed by atoms with E-state index in [-0.39, 0.29) is 5.37 Å². The lowest BCUT2D eigenvalue weighted by Crippen LogP contribution is -2.27. The molecular weight excluding hydrogens is 242 g/mol. The topological polar surface area (TPSA) is 110 Å². The van der Waals surface area contributed by atoms with Gasteiger partial charge in [-0.3, -0.25) is 4.57 Å². The number of aromatic nitrogens is 4. The predicted octanol–water partition coefficient (Wildman–Crippen LogP) is -0.624. The first-order chi connectivity index (χ1) is 8.18. The largest absolute Gasteiger partial charge is 0.389 e. The number of imidazole rings is 1. The van der Waals surface area contributed by atoms with Crippen molar-refractivity contribution in [2.24, 2.45) is 0 Å². The molecule has 1 saturated heterocycles. The molecule has 3 heterocycles. The maximum Gasteiger partial charge on any atom is 0.166 e. The SMILES string of the molecule is Nc1ncnc2c1ncn2[C@@H]1SC[C@@H](O)[C@H]1O. The number of hydrogen-bond acceptors (Lipinski definition) is 7. The highest BCUT2D eigenvalue weighted by Crippen LogP contribution is 2.37. The number of nitrogens with zero attached hydrogens (tertiary/aromatic N) is 4. The van der Waals surface area contributed by atoms with Crippen molar-refractivity contribution in [3.63, 3.8) is 0 Å². The smallest absolute Gasteiger partial charge is 0.166 e. The van der Waals surface area contributed by atoms with E-state index < -0.39 is 12.2 Å². The number of rotatable bonds is 1. The van der Waals surface area contributed by atoms with Crippen LogP contribution < -0.4 is 5.73 Å². The van der Waals surface area contributed by atoms with Crippen molar-refractivity contribution in [2.75, 3.05) is 11.5 Å². The van der Waals surface area contributed by atoms with Crippen LogP contribution in [0.5, 0.6) is 0 Å². The van der Waals surface area contributed by atoms with E-state index in [1.54, 1.807) is 10.9 Å². The summed E-state index contributed by atoms with van der Waals surface area (Å²) in [5.41, 5.74) is 6.77. The van der Waals surface area contributed by atoms with E-state index in [1.165, 1.54) is 18.1 Å². The predicted molar refractivity (Wildman–Crippen MR) is 63.2 cm³/mol. The van der Waals surface area contributed by atoms with Crippen LogP contribution in [0.15, 0.2) is 12.7 Å². The lowest BCUT2D eigenvalue weighted by molar-refractivity contribution is 0.0313. The van der Waals surface area contributed by atoms with Crippen molar-refractivity contribution in [1.29, 1.82) is 0 Å². The second-order valence-corrected chi connectivity index (χ2v) is 5.01. The van der Waals surface area contributed by atoms with Crippen molar-refractivity contribution in [3.8, 4) is 0 Å². The Hall–Kier alpha value is -1.38. The first kappa shape index (κ1) is 10.8. The molecule has 2 aromatic heterocycles. The summed E-state index contributed by atoms with van der Waals surface area (Å²) < 4.78 is 1.72. The first-order valence-corrected chi connectivity index (χ1v) is 6.14. The Morgan fingerprint density at radius 3 is 2.88 bits per heavy atom. The van der Waals surface area contributed by atoms with Gasteiger partial charge in [-0.25, -0.2) is 15.0 Å². The summed E-state index contributed by atoms with van der Waals surface area (Å²) >= 11 is 1.46. The zero-order valence-electron chi connectivity index (χ0n) is 8.76. The minimum Gasteiger partial charge on any atom is -0.389 e. The average molecular weight is 253 g/mol. The number of fused-ring (bicyclic) bond motifs is 1. The third-order valence-electron chi connectivity index (χ3n) is 2.79. The first-order valence-electron chi connectivity index (χ1n) is 5.09. The molecule has 0 aromatic carbocycles. The fourth-order valence-corrected chi connectivity index (χ4v) is 3.17. The van der Waals surface area contributed by atoms with Gasteiger partial charge in [0.1, 0.15) is 23.3 Å². The van der Waals surface area contributed by atoms with E-state index in [9.17, 15) is 10.2 Å². The van der Waals surface area contributed by atoms with Crippen molar-refractivity contribution in [2.45, 2.75) is 17.6 Å². The summed E-state index contributed by atoms with van der Waals surface area (Å²) in [6.45, 7) is 0. The van der Waals surface area contributed by atoms with Crippen LogP contribution in [0.4, 0.5) is 5.82 Å². The number of thioether (sulfide) groups is 1. The number of hydrogen-bond donors (Lipinski definition) is 3. The Labute approximate surface area is 101 Å². The van der Waals surface area contributed by atoms with Gasteiger partial charge in [-0.15, -0.1) is 11.8 Å². The van der Waals surface area contributed by atoms with Crippen LogP contribution in [0.2, 0.25) is 0 Å². The zero-order valence-corrected chi connectivity index (χ0v) is 9.58. The van der Waals surface area contributed by atoms with Crippen LogP contribution in [-0.2, 0) is 0 Å². The summed E-state index contributed by atoms with van der Waals surface area (Å²) in [5, 5.41) is 19.1. The minimum absolute atomic E-state index is 0.288. The molecule has 0 amide bonds. The van der Waals surface area contributed by atoms with Crippen LogP contribution in [0.1, 0.15) is 5.37 Å². The molecule has 4 N–H and O–H groups in total. The lowest BCUT2D eigenvalue weighted by atomic mass is 10.2. The van der Waals surface area contributed by atoms with Gasteiger partial charge in [0, 0.05) is 5.75 Å². The minimum atomic E-state index is -0.825. The molecule has 0 saturated carbocycles. The molecule has 1 fully saturated rings. The molecule has 7 nitrogen and oxygen atoms in total. The fourth-order valence-electron chi connectivity index (χ4n) is 1.89. The van der Waals surface area contributed by atoms with Gasteiger partial charge in [0.05, 0.1) is 12.4 Å². The van der Waals surface area contributed by atoms with Crippen LogP contribution in [-0.4, -0.2) is 47.7 Å². The van der Waals surface area contributed by atoms with Gasteiger partial charge in [0.15, 0.2) is 11.5 Å². The van der Waals surface area contributed by atoms with Gasteiger partial charge in [-0.2, -0.15) is 0 Å². The molecular formula is C9H11N5O2S. The van der Waals surface area contributed by atoms with E-state index in [1.807, 2.05) is 0 Å². The fraction of sp³-hybridized carbons (Fsp3) is 0.444. The monoisotopic (exact) mass is 253 g/mol. The van der Waals surface area contributed by atoms with Crippen LogP contribution in [0.3, 0.4) is 0 Å². The molecule has 3 rings (SSSR count). The molecule has 0 unspecified atom stereocenters. The maximum absolute atomic E-state index is 9.86. The molecule has 3 atom stereocenters. The van der Waals surface area contributed by atoms with E-state index in [2.05, 4.69) is 15.0 Å². The number of aliphatic hydroxyl groups excluding tert-OH is 2. The number of nitrogens with two attached hydrogens (primary N) is 1. The average Bonchev–Trinajstić information content (AvgIpc) is 2.86. The van der Waals surface area contributed by atoms with Gasteiger partial charge < -0.3 is 15.9 Å². The Kier molecular flexibility index (Phi) is 2.42. The summed E-state index contributed by atoms with van der Waals surface area (Å²) in [5.74, 6) is 0.804. The summed E-state index contributed by atoms with van der Waals surface area (Å²) in [6.07, 6.45) is 1.38. The second kappa shape index (κ2) is 3.83. The zero-order chi connectivity index (χ0) is 12.0. The molecule has 0 bridgehead atoms. The molecule has 0 radical (unpaired) electrons. The van der Waals surface area contributed by atoms with Gasteiger partial charge in [-0.1, -0.05) is 0 Å². The van der Waals surface area contributed by atoms with Gasteiger partial charge in [0.25, 0.3) is 0 Å². The normalized spacial score (nSPS) is 28.9. The highest BCUT2D eigenvalue weighted by atomic mass is 32.2. The van der Waals surface area contributed by atoms with Crippen LogP contribution >= 0.6 is 11.8 Å². The second-order valence-electron chi connectivity index (χ2n) is 3.86. The highest BCUT2D eigenvalue weighted by Gasteiger charge is 2.36. The van der Waals surface area contributed by atoms with Crippen molar-refractivity contribution in [1.82, 2.24) is 19.5 Å². The molecule has 0 aliphatic carbocycles. The summed E-state index contributed by atoms with van der Waals surface area (Å²) in [7, 11) is 0. The third kappa shape index (κ3) is 1.56. The van der Waals surface area contributed by atoms with E-state index in [0.717, 1.165) is 0 Å². The van der Waals surface area contributed by atoms with Crippen molar-refractivity contribution >= 4 is 28.7 Å². The molecule has 1 aliphatic heterocycles. The molecule has 17 heavy (non-hydrogen) atoms. The molecule has 8 heteroatoms. The molecule has 2 aromatic rings. The lowest BCUT2D eigenvalue weighted by Gasteiger charge is -2.16. The molecule has 1 aliphatic rings. The standard InChI is InChI=1S/C9H11N5O2S/c10-7-5-8(12-2-11-7)14(3-13-5)9-6(16)4(15)1-17-9/h2-4,6,9,15-16H,1H2,(H2,10,11,12)/t4-,6-,9-/m1/s1.